The van der Waals surface area contributed by atoms with Gasteiger partial charge in [0.2, 0.25) is 0 Å². The molecule has 0 aromatic heterocycles. The average Bonchev–Trinajstić information content (AvgIpc) is 3.59. The predicted molar refractivity (Wildman–Crippen MR) is 330 cm³/mol. The Kier molecular flexibility index (Phi) is 11.5. The average molecular weight is 992 g/mol. The monoisotopic (exact) mass is 992 g/mol. The summed E-state index contributed by atoms with van der Waals surface area (Å²) in [6, 6.07) is 65.2. The first kappa shape index (κ1) is 49.6. The number of nitrogens with zero attached hydrogens (tertiary/aromatic N) is 3. The Morgan fingerprint density at radius 1 is 0.447 bits per heavy atom. The first-order valence-electron chi connectivity index (χ1n) is 27.8. The molecule has 12 rings (SSSR count). The quantitative estimate of drug-likeness (QED) is 0.154. The number of hydrogen-bond donors (Lipinski definition) is 0. The van der Waals surface area contributed by atoms with E-state index >= 15 is 0 Å². The van der Waals surface area contributed by atoms with Crippen LogP contribution in [0.3, 0.4) is 0 Å². The minimum absolute atomic E-state index is 0.0148. The molecule has 3 aliphatic rings. The highest BCUT2D eigenvalue weighted by molar-refractivity contribution is 7.00. The van der Waals surface area contributed by atoms with Gasteiger partial charge in [0.1, 0.15) is 0 Å². The fourth-order valence-corrected chi connectivity index (χ4v) is 13.4. The molecule has 0 atom stereocenters. The molecule has 0 N–H and O–H groups in total. The lowest BCUT2D eigenvalue weighted by Crippen LogP contribution is -2.62. The minimum atomic E-state index is -0.155. The van der Waals surface area contributed by atoms with Crippen molar-refractivity contribution in [2.24, 2.45) is 0 Å². The van der Waals surface area contributed by atoms with E-state index in [2.05, 4.69) is 281 Å². The molecule has 9 aromatic rings. The van der Waals surface area contributed by atoms with Gasteiger partial charge in [0, 0.05) is 39.7 Å². The molecule has 0 amide bonds. The van der Waals surface area contributed by atoms with Crippen LogP contribution in [0.5, 0.6) is 0 Å². The van der Waals surface area contributed by atoms with Gasteiger partial charge in [-0.1, -0.05) is 191 Å². The Bertz CT molecular complexity index is 3750. The molecule has 3 nitrogen and oxygen atoms in total. The SMILES string of the molecule is Cc1cccc(C)c1N1c2cc(N(c3ccccc3)c3ccc4ccccc4c3-c3ccccc3)ccc2B2c3cc4c(cc3N(c3c(C)cc(C(C)(C)C)cc3C)c3cc(C(C)(C)C)cc1c32)C(C)(C)CCC4(C)C. The second-order valence-electron chi connectivity index (χ2n) is 25.9. The molecule has 0 saturated heterocycles. The second-order valence-corrected chi connectivity index (χ2v) is 25.9. The second kappa shape index (κ2) is 17.6. The smallest absolute Gasteiger partial charge is 0.252 e. The summed E-state index contributed by atoms with van der Waals surface area (Å²) in [5, 5.41) is 2.45. The van der Waals surface area contributed by atoms with Gasteiger partial charge in [0.25, 0.3) is 6.71 Å². The number of fused-ring (bicyclic) bond motifs is 6. The van der Waals surface area contributed by atoms with E-state index < -0.39 is 0 Å². The zero-order valence-corrected chi connectivity index (χ0v) is 47.5. The van der Waals surface area contributed by atoms with Crippen molar-refractivity contribution in [1.82, 2.24) is 0 Å². The van der Waals surface area contributed by atoms with Crippen LogP contribution in [0.1, 0.15) is 127 Å². The van der Waals surface area contributed by atoms with Gasteiger partial charge in [-0.15, -0.1) is 0 Å². The molecule has 0 fully saturated rings. The van der Waals surface area contributed by atoms with Gasteiger partial charge >= 0.3 is 0 Å². The minimum Gasteiger partial charge on any atom is -0.311 e. The molecular weight excluding hydrogens is 918 g/mol. The number of para-hydroxylation sites is 2. The van der Waals surface area contributed by atoms with E-state index in [4.69, 9.17) is 0 Å². The van der Waals surface area contributed by atoms with Crippen LogP contribution in [0.25, 0.3) is 21.9 Å². The van der Waals surface area contributed by atoms with Crippen LogP contribution in [0.15, 0.2) is 170 Å². The van der Waals surface area contributed by atoms with Crippen LogP contribution in [0.2, 0.25) is 0 Å². The summed E-state index contributed by atoms with van der Waals surface area (Å²) < 4.78 is 0. The highest BCUT2D eigenvalue weighted by Crippen LogP contribution is 2.54. The summed E-state index contributed by atoms with van der Waals surface area (Å²) in [5.41, 5.74) is 28.1. The predicted octanol–water partition coefficient (Wildman–Crippen LogP) is 18.2. The van der Waals surface area contributed by atoms with Crippen LogP contribution in [-0.2, 0) is 21.7 Å². The van der Waals surface area contributed by atoms with E-state index in [1.807, 2.05) is 0 Å². The summed E-state index contributed by atoms with van der Waals surface area (Å²) in [6.45, 7) is 33.4. The molecule has 1 aliphatic carbocycles. The molecule has 0 unspecified atom stereocenters. The van der Waals surface area contributed by atoms with Gasteiger partial charge in [-0.05, 0) is 188 Å². The number of anilines is 9. The molecule has 0 radical (unpaired) electrons. The van der Waals surface area contributed by atoms with Crippen molar-refractivity contribution in [3.05, 3.63) is 214 Å². The van der Waals surface area contributed by atoms with Crippen LogP contribution >= 0.6 is 0 Å². The standard InChI is InChI=1S/C72H74BN3/c1-45-24-23-25-46(2)67(45)75-61-42-54(74(53-29-19-16-20-30-53)60-35-32-49-26-21-22-31-55(49)65(60)50-27-17-15-18-28-50)33-34-58(61)73-59-43-56-57(72(13,14)37-36-71(56,11)12)44-62(59)76(64-41-52(70(8,9)10)40-63(75)66(64)73)68-47(3)38-51(39-48(68)4)69(5,6)7/h15-35,38-44H,36-37H2,1-14H3. The molecule has 0 bridgehead atoms. The number of benzene rings is 9. The number of rotatable bonds is 6. The van der Waals surface area contributed by atoms with Crippen LogP contribution in [0, 0.1) is 27.7 Å². The summed E-state index contributed by atoms with van der Waals surface area (Å²) in [6.07, 6.45) is 2.30. The molecule has 2 aliphatic heterocycles. The van der Waals surface area contributed by atoms with Gasteiger partial charge in [-0.25, -0.2) is 0 Å². The molecule has 9 aromatic carbocycles. The summed E-state index contributed by atoms with van der Waals surface area (Å²) in [5.74, 6) is 0. The molecule has 2 heterocycles. The van der Waals surface area contributed by atoms with E-state index in [-0.39, 0.29) is 28.4 Å². The highest BCUT2D eigenvalue weighted by atomic mass is 15.2. The molecule has 0 saturated carbocycles. The van der Waals surface area contributed by atoms with Gasteiger partial charge in [-0.2, -0.15) is 0 Å². The molecule has 4 heteroatoms. The number of aryl methyl sites for hydroxylation is 4. The van der Waals surface area contributed by atoms with Crippen molar-refractivity contribution in [3.63, 3.8) is 0 Å². The highest BCUT2D eigenvalue weighted by Gasteiger charge is 2.48. The summed E-state index contributed by atoms with van der Waals surface area (Å²) in [7, 11) is 0. The maximum absolute atomic E-state index is 2.72. The van der Waals surface area contributed by atoms with Gasteiger partial charge < -0.3 is 14.7 Å². The Labute approximate surface area is 454 Å². The Morgan fingerprint density at radius 3 is 1.58 bits per heavy atom. The largest absolute Gasteiger partial charge is 0.311 e. The van der Waals surface area contributed by atoms with Crippen molar-refractivity contribution < 1.29 is 0 Å². The molecule has 0 spiro atoms. The number of hydrogen-bond acceptors (Lipinski definition) is 3. The lowest BCUT2D eigenvalue weighted by Gasteiger charge is -2.48. The van der Waals surface area contributed by atoms with Crippen LogP contribution in [0.4, 0.5) is 51.2 Å². The van der Waals surface area contributed by atoms with Crippen LogP contribution < -0.4 is 31.1 Å². The van der Waals surface area contributed by atoms with Crippen molar-refractivity contribution in [3.8, 4) is 11.1 Å². The maximum atomic E-state index is 2.72. The van der Waals surface area contributed by atoms with E-state index in [1.165, 1.54) is 117 Å². The van der Waals surface area contributed by atoms with Crippen molar-refractivity contribution in [2.45, 2.75) is 131 Å². The molecular formula is C72H74BN3. The van der Waals surface area contributed by atoms with E-state index in [0.29, 0.717) is 0 Å². The third-order valence-electron chi connectivity index (χ3n) is 17.6. The topological polar surface area (TPSA) is 9.72 Å². The zero-order valence-electron chi connectivity index (χ0n) is 47.5. The third kappa shape index (κ3) is 7.92. The fraction of sp³-hybridized carbons (Fsp3) is 0.278. The van der Waals surface area contributed by atoms with Gasteiger partial charge in [0.05, 0.1) is 17.1 Å². The zero-order chi connectivity index (χ0) is 53.4. The van der Waals surface area contributed by atoms with Gasteiger partial charge in [0.15, 0.2) is 0 Å². The van der Waals surface area contributed by atoms with Crippen LogP contribution in [-0.4, -0.2) is 6.71 Å². The van der Waals surface area contributed by atoms with Crippen molar-refractivity contribution >= 4 is 85.1 Å². The maximum Gasteiger partial charge on any atom is 0.252 e. The Morgan fingerprint density at radius 2 is 0.974 bits per heavy atom. The third-order valence-corrected chi connectivity index (χ3v) is 17.6. The molecule has 76 heavy (non-hydrogen) atoms. The normalized spacial score (nSPS) is 15.3. The van der Waals surface area contributed by atoms with E-state index in [9.17, 15) is 0 Å². The lowest BCUT2D eigenvalue weighted by atomic mass is 9.33. The summed E-state index contributed by atoms with van der Waals surface area (Å²) in [4.78, 5) is 7.90. The van der Waals surface area contributed by atoms with Gasteiger partial charge in [-0.3, -0.25) is 0 Å². The lowest BCUT2D eigenvalue weighted by molar-refractivity contribution is 0.332. The first-order valence-corrected chi connectivity index (χ1v) is 27.8. The fourth-order valence-electron chi connectivity index (χ4n) is 13.4. The van der Waals surface area contributed by atoms with Crippen molar-refractivity contribution in [1.29, 1.82) is 0 Å². The van der Waals surface area contributed by atoms with Crippen molar-refractivity contribution in [2.75, 3.05) is 14.7 Å². The Balaban J connectivity index is 1.22. The summed E-state index contributed by atoms with van der Waals surface area (Å²) >= 11 is 0. The van der Waals surface area contributed by atoms with E-state index in [1.54, 1.807) is 0 Å². The molecule has 380 valence electrons. The van der Waals surface area contributed by atoms with E-state index in [0.717, 1.165) is 29.9 Å². The Hall–Kier alpha value is -7.30. The first-order chi connectivity index (χ1) is 36.1.